The first-order valence-corrected chi connectivity index (χ1v) is 8.08. The van der Waals surface area contributed by atoms with Crippen molar-refractivity contribution in [2.75, 3.05) is 6.61 Å². The van der Waals surface area contributed by atoms with Crippen LogP contribution in [0.15, 0.2) is 24.3 Å². The zero-order chi connectivity index (χ0) is 10.4. The Bertz CT molecular complexity index is 320. The molecule has 0 bridgehead atoms. The first-order valence-electron chi connectivity index (χ1n) is 5.17. The lowest BCUT2D eigenvalue weighted by Crippen LogP contribution is -2.55. The summed E-state index contributed by atoms with van der Waals surface area (Å²) in [5, 5.41) is 1.47. The molecule has 0 atom stereocenters. The minimum absolute atomic E-state index is 0.180. The predicted octanol–water partition coefficient (Wildman–Crippen LogP) is 2.41. The Kier molecular flexibility index (Phi) is 2.09. The highest BCUT2D eigenvalue weighted by molar-refractivity contribution is 6.85. The lowest BCUT2D eigenvalue weighted by molar-refractivity contribution is 0.227. The number of fused-ring (bicyclic) bond motifs is 1. The Labute approximate surface area is 87.2 Å². The van der Waals surface area contributed by atoms with Gasteiger partial charge in [-0.15, -0.1) is 0 Å². The summed E-state index contributed by atoms with van der Waals surface area (Å²) in [5.74, 6) is 0. The van der Waals surface area contributed by atoms with Gasteiger partial charge in [0.1, 0.15) is 0 Å². The smallest absolute Gasteiger partial charge is 0.218 e. The largest absolute Gasteiger partial charge is 0.412 e. The number of benzene rings is 1. The van der Waals surface area contributed by atoms with Crippen LogP contribution in [-0.2, 0) is 9.84 Å². The van der Waals surface area contributed by atoms with Crippen molar-refractivity contribution in [1.29, 1.82) is 0 Å². The third-order valence-corrected chi connectivity index (χ3v) is 5.70. The van der Waals surface area contributed by atoms with Gasteiger partial charge in [-0.2, -0.15) is 0 Å². The molecule has 0 aliphatic carbocycles. The summed E-state index contributed by atoms with van der Waals surface area (Å²) >= 11 is 0. The van der Waals surface area contributed by atoms with Crippen molar-refractivity contribution in [2.24, 2.45) is 0 Å². The maximum absolute atomic E-state index is 6.05. The van der Waals surface area contributed by atoms with Crippen LogP contribution in [0.3, 0.4) is 0 Å². The maximum atomic E-state index is 6.05. The van der Waals surface area contributed by atoms with Crippen LogP contribution in [0.1, 0.15) is 19.4 Å². The molecule has 1 aromatic carbocycles. The van der Waals surface area contributed by atoms with Crippen LogP contribution in [0, 0.1) is 0 Å². The fraction of sp³-hybridized carbons (Fsp3) is 0.500. The summed E-state index contributed by atoms with van der Waals surface area (Å²) in [7, 11) is -1.60. The van der Waals surface area contributed by atoms with E-state index in [1.165, 1.54) is 10.8 Å². The average molecular weight is 206 g/mol. The Morgan fingerprint density at radius 1 is 1.21 bits per heavy atom. The van der Waals surface area contributed by atoms with E-state index in [1.54, 1.807) is 0 Å². The van der Waals surface area contributed by atoms with Crippen molar-refractivity contribution >= 4 is 13.5 Å². The van der Waals surface area contributed by atoms with Crippen molar-refractivity contribution in [3.05, 3.63) is 29.8 Å². The van der Waals surface area contributed by atoms with Gasteiger partial charge in [0.05, 0.1) is 0 Å². The third-order valence-electron chi connectivity index (χ3n) is 3.10. The van der Waals surface area contributed by atoms with Gasteiger partial charge in [0, 0.05) is 12.0 Å². The Morgan fingerprint density at radius 2 is 1.86 bits per heavy atom. The average Bonchev–Trinajstić information content (AvgIpc) is 2.14. The lowest BCUT2D eigenvalue weighted by atomic mass is 9.85. The molecule has 1 aliphatic rings. The highest BCUT2D eigenvalue weighted by atomic mass is 28.4. The molecule has 0 saturated heterocycles. The third kappa shape index (κ3) is 1.43. The fourth-order valence-corrected chi connectivity index (χ4v) is 4.56. The Balaban J connectivity index is 2.61. The van der Waals surface area contributed by atoms with Crippen LogP contribution in [0.4, 0.5) is 0 Å². The highest BCUT2D eigenvalue weighted by Gasteiger charge is 2.39. The quantitative estimate of drug-likeness (QED) is 0.592. The SMILES string of the molecule is CC1(C)CO[Si](C)(C)c2ccccc21. The lowest BCUT2D eigenvalue weighted by Gasteiger charge is -2.40. The fourth-order valence-electron chi connectivity index (χ4n) is 2.11. The predicted molar refractivity (Wildman–Crippen MR) is 62.5 cm³/mol. The van der Waals surface area contributed by atoms with Gasteiger partial charge < -0.3 is 4.43 Å². The Hall–Kier alpha value is -0.603. The number of hydrogen-bond donors (Lipinski definition) is 0. The van der Waals surface area contributed by atoms with E-state index in [0.717, 1.165) is 6.61 Å². The van der Waals surface area contributed by atoms with E-state index in [-0.39, 0.29) is 5.41 Å². The summed E-state index contributed by atoms with van der Waals surface area (Å²) in [4.78, 5) is 0. The summed E-state index contributed by atoms with van der Waals surface area (Å²) in [6, 6.07) is 8.75. The molecule has 0 spiro atoms. The molecule has 1 aliphatic heterocycles. The topological polar surface area (TPSA) is 9.23 Å². The second kappa shape index (κ2) is 2.94. The standard InChI is InChI=1S/C12H18OSi/c1-12(2)9-13-14(3,4)11-8-6-5-7-10(11)12/h5-8H,9H2,1-4H3. The molecule has 0 unspecified atom stereocenters. The molecule has 2 rings (SSSR count). The molecule has 1 aromatic rings. The van der Waals surface area contributed by atoms with Crippen molar-refractivity contribution < 1.29 is 4.43 Å². The van der Waals surface area contributed by atoms with E-state index in [9.17, 15) is 0 Å². The zero-order valence-corrected chi connectivity index (χ0v) is 10.4. The van der Waals surface area contributed by atoms with Gasteiger partial charge in [-0.25, -0.2) is 0 Å². The molecule has 76 valence electrons. The van der Waals surface area contributed by atoms with Crippen molar-refractivity contribution in [3.8, 4) is 0 Å². The molecular weight excluding hydrogens is 188 g/mol. The van der Waals surface area contributed by atoms with E-state index < -0.39 is 8.32 Å². The zero-order valence-electron chi connectivity index (χ0n) is 9.42. The van der Waals surface area contributed by atoms with Crippen LogP contribution in [0.2, 0.25) is 13.1 Å². The number of hydrogen-bond acceptors (Lipinski definition) is 1. The molecule has 0 fully saturated rings. The molecule has 0 amide bonds. The van der Waals surface area contributed by atoms with Gasteiger partial charge in [0.2, 0.25) is 8.32 Å². The van der Waals surface area contributed by atoms with Crippen LogP contribution in [0.5, 0.6) is 0 Å². The second-order valence-corrected chi connectivity index (χ2v) is 9.08. The van der Waals surface area contributed by atoms with Crippen LogP contribution >= 0.6 is 0 Å². The summed E-state index contributed by atoms with van der Waals surface area (Å²) in [5.41, 5.74) is 1.67. The van der Waals surface area contributed by atoms with Crippen molar-refractivity contribution in [1.82, 2.24) is 0 Å². The van der Waals surface area contributed by atoms with Crippen LogP contribution in [-0.4, -0.2) is 14.9 Å². The second-order valence-electron chi connectivity index (χ2n) is 5.23. The highest BCUT2D eigenvalue weighted by Crippen LogP contribution is 2.29. The molecule has 0 aromatic heterocycles. The summed E-state index contributed by atoms with van der Waals surface area (Å²) in [6.07, 6.45) is 0. The molecule has 1 nitrogen and oxygen atoms in total. The minimum atomic E-state index is -1.60. The summed E-state index contributed by atoms with van der Waals surface area (Å²) < 4.78 is 6.05. The van der Waals surface area contributed by atoms with Crippen molar-refractivity contribution in [2.45, 2.75) is 32.4 Å². The molecule has 2 heteroatoms. The normalized spacial score (nSPS) is 22.9. The van der Waals surface area contributed by atoms with Gasteiger partial charge in [-0.1, -0.05) is 38.1 Å². The van der Waals surface area contributed by atoms with Crippen LogP contribution < -0.4 is 5.19 Å². The molecule has 0 saturated carbocycles. The molecular formula is C12H18OSi. The van der Waals surface area contributed by atoms with Crippen molar-refractivity contribution in [3.63, 3.8) is 0 Å². The van der Waals surface area contributed by atoms with Gasteiger partial charge in [0.25, 0.3) is 0 Å². The summed E-state index contributed by atoms with van der Waals surface area (Å²) in [6.45, 7) is 9.94. The number of rotatable bonds is 0. The maximum Gasteiger partial charge on any atom is 0.218 e. The monoisotopic (exact) mass is 206 g/mol. The molecule has 0 radical (unpaired) electrons. The van der Waals surface area contributed by atoms with E-state index >= 15 is 0 Å². The first-order chi connectivity index (χ1) is 6.43. The van der Waals surface area contributed by atoms with Crippen LogP contribution in [0.25, 0.3) is 0 Å². The van der Waals surface area contributed by atoms with E-state index in [1.807, 2.05) is 0 Å². The van der Waals surface area contributed by atoms with Gasteiger partial charge in [-0.05, 0) is 23.8 Å². The van der Waals surface area contributed by atoms with Gasteiger partial charge in [-0.3, -0.25) is 0 Å². The Morgan fingerprint density at radius 3 is 2.50 bits per heavy atom. The molecule has 1 heterocycles. The van der Waals surface area contributed by atoms with E-state index in [4.69, 9.17) is 4.43 Å². The first kappa shape index (κ1) is 9.93. The van der Waals surface area contributed by atoms with E-state index in [0.29, 0.717) is 0 Å². The molecule has 14 heavy (non-hydrogen) atoms. The van der Waals surface area contributed by atoms with E-state index in [2.05, 4.69) is 51.2 Å². The minimum Gasteiger partial charge on any atom is -0.412 e. The molecule has 0 N–H and O–H groups in total. The van der Waals surface area contributed by atoms with Gasteiger partial charge in [0.15, 0.2) is 0 Å². The van der Waals surface area contributed by atoms with Gasteiger partial charge >= 0.3 is 0 Å².